The number of anilines is 1. The minimum atomic E-state index is -0.640. The number of nitrogens with one attached hydrogen (secondary N) is 1. The van der Waals surface area contributed by atoms with Crippen LogP contribution in [0.3, 0.4) is 0 Å². The number of urea groups is 1. The van der Waals surface area contributed by atoms with Crippen molar-refractivity contribution in [3.8, 4) is 5.75 Å². The maximum atomic E-state index is 12.7. The van der Waals surface area contributed by atoms with Gasteiger partial charge in [0.05, 0.1) is 24.7 Å². The Morgan fingerprint density at radius 3 is 2.87 bits per heavy atom. The molecule has 3 N–H and O–H groups in total. The Balaban J connectivity index is 1.79. The van der Waals surface area contributed by atoms with Gasteiger partial charge in [-0.05, 0) is 23.6 Å². The third kappa shape index (κ3) is 3.45. The van der Waals surface area contributed by atoms with Gasteiger partial charge in [-0.15, -0.1) is 11.3 Å². The first-order chi connectivity index (χ1) is 11.1. The zero-order chi connectivity index (χ0) is 16.2. The lowest BCUT2D eigenvalue weighted by Crippen LogP contribution is -2.41. The van der Waals surface area contributed by atoms with E-state index in [1.807, 2.05) is 41.8 Å². The van der Waals surface area contributed by atoms with Crippen molar-refractivity contribution in [3.05, 3.63) is 46.7 Å². The fourth-order valence-corrected chi connectivity index (χ4v) is 3.38. The Bertz CT molecular complexity index is 702. The molecule has 2 aromatic rings. The lowest BCUT2D eigenvalue weighted by Gasteiger charge is -2.30. The predicted octanol–water partition coefficient (Wildman–Crippen LogP) is 2.27. The summed E-state index contributed by atoms with van der Waals surface area (Å²) in [7, 11) is 0. The number of hydrogen-bond acceptors (Lipinski definition) is 4. The Labute approximate surface area is 137 Å². The fourth-order valence-electron chi connectivity index (χ4n) is 2.60. The summed E-state index contributed by atoms with van der Waals surface area (Å²) in [5.41, 5.74) is 6.00. The van der Waals surface area contributed by atoms with Gasteiger partial charge >= 0.3 is 6.03 Å². The molecule has 1 aliphatic heterocycles. The Hall–Kier alpha value is -2.54. The molecule has 120 valence electrons. The summed E-state index contributed by atoms with van der Waals surface area (Å²) in [5, 5.41) is 4.55. The zero-order valence-corrected chi connectivity index (χ0v) is 13.2. The van der Waals surface area contributed by atoms with E-state index in [4.69, 9.17) is 10.5 Å². The summed E-state index contributed by atoms with van der Waals surface area (Å²) in [5.74, 6) is 0.621. The third-order valence-electron chi connectivity index (χ3n) is 3.61. The van der Waals surface area contributed by atoms with E-state index < -0.39 is 12.1 Å². The second-order valence-corrected chi connectivity index (χ2v) is 6.12. The van der Waals surface area contributed by atoms with E-state index in [0.717, 1.165) is 10.6 Å². The van der Waals surface area contributed by atoms with E-state index in [1.54, 1.807) is 4.90 Å². The van der Waals surface area contributed by atoms with Gasteiger partial charge in [-0.25, -0.2) is 4.79 Å². The average Bonchev–Trinajstić information content (AvgIpc) is 3.07. The number of ether oxygens (including phenoxy) is 1. The van der Waals surface area contributed by atoms with Crippen molar-refractivity contribution in [1.29, 1.82) is 0 Å². The summed E-state index contributed by atoms with van der Waals surface area (Å²) < 4.78 is 5.56. The molecule has 3 rings (SSSR count). The molecule has 0 bridgehead atoms. The van der Waals surface area contributed by atoms with E-state index in [-0.39, 0.29) is 12.3 Å². The number of carbonyl (C=O) groups is 2. The highest BCUT2D eigenvalue weighted by Crippen LogP contribution is 2.32. The van der Waals surface area contributed by atoms with E-state index in [1.165, 1.54) is 11.3 Å². The number of amides is 3. The molecule has 0 spiro atoms. The molecule has 7 heteroatoms. The molecule has 3 amide bonds. The van der Waals surface area contributed by atoms with Crippen LogP contribution in [-0.2, 0) is 4.79 Å². The minimum Gasteiger partial charge on any atom is -0.490 e. The number of fused-ring (bicyclic) bond motifs is 1. The van der Waals surface area contributed by atoms with Gasteiger partial charge in [0.2, 0.25) is 5.91 Å². The average molecular weight is 331 g/mol. The summed E-state index contributed by atoms with van der Waals surface area (Å²) in [4.78, 5) is 26.6. The third-order valence-corrected chi connectivity index (χ3v) is 4.60. The molecule has 1 unspecified atom stereocenters. The van der Waals surface area contributed by atoms with Crippen molar-refractivity contribution >= 4 is 29.0 Å². The Kier molecular flexibility index (Phi) is 4.47. The SMILES string of the molecule is NC(=O)NC(CC(=O)N1CCOc2ccccc21)c1cccs1. The monoisotopic (exact) mass is 331 g/mol. The molecular formula is C16H17N3O3S. The van der Waals surface area contributed by atoms with E-state index in [9.17, 15) is 9.59 Å². The number of nitrogens with two attached hydrogens (primary N) is 1. The lowest BCUT2D eigenvalue weighted by molar-refractivity contribution is -0.119. The second-order valence-electron chi connectivity index (χ2n) is 5.14. The van der Waals surface area contributed by atoms with Gasteiger partial charge in [-0.1, -0.05) is 18.2 Å². The van der Waals surface area contributed by atoms with Crippen LogP contribution in [0.25, 0.3) is 0 Å². The first-order valence-electron chi connectivity index (χ1n) is 7.26. The molecule has 0 fully saturated rings. The van der Waals surface area contributed by atoms with Gasteiger partial charge in [-0.2, -0.15) is 0 Å². The molecular weight excluding hydrogens is 314 g/mol. The lowest BCUT2D eigenvalue weighted by atomic mass is 10.1. The van der Waals surface area contributed by atoms with Crippen molar-refractivity contribution in [2.45, 2.75) is 12.5 Å². The van der Waals surface area contributed by atoms with Crippen LogP contribution in [0, 0.1) is 0 Å². The van der Waals surface area contributed by atoms with Crippen LogP contribution in [0.4, 0.5) is 10.5 Å². The maximum Gasteiger partial charge on any atom is 0.312 e. The largest absolute Gasteiger partial charge is 0.490 e. The smallest absolute Gasteiger partial charge is 0.312 e. The van der Waals surface area contributed by atoms with Gasteiger partial charge in [0, 0.05) is 4.88 Å². The van der Waals surface area contributed by atoms with Crippen LogP contribution in [0.15, 0.2) is 41.8 Å². The van der Waals surface area contributed by atoms with Gasteiger partial charge < -0.3 is 20.7 Å². The zero-order valence-electron chi connectivity index (χ0n) is 12.4. The maximum absolute atomic E-state index is 12.7. The summed E-state index contributed by atoms with van der Waals surface area (Å²) >= 11 is 1.48. The number of thiophene rings is 1. The molecule has 6 nitrogen and oxygen atoms in total. The quantitative estimate of drug-likeness (QED) is 0.901. The highest BCUT2D eigenvalue weighted by Gasteiger charge is 2.27. The van der Waals surface area contributed by atoms with Crippen LogP contribution in [0.5, 0.6) is 5.75 Å². The van der Waals surface area contributed by atoms with Crippen molar-refractivity contribution in [3.63, 3.8) is 0 Å². The molecule has 1 aromatic carbocycles. The molecule has 0 saturated carbocycles. The van der Waals surface area contributed by atoms with Crippen LogP contribution in [-0.4, -0.2) is 25.1 Å². The fraction of sp³-hybridized carbons (Fsp3) is 0.250. The predicted molar refractivity (Wildman–Crippen MR) is 88.7 cm³/mol. The van der Waals surface area contributed by atoms with Gasteiger partial charge in [0.15, 0.2) is 0 Å². The number of primary amides is 1. The van der Waals surface area contributed by atoms with Gasteiger partial charge in [-0.3, -0.25) is 4.79 Å². The van der Waals surface area contributed by atoms with Crippen LogP contribution < -0.4 is 20.7 Å². The van der Waals surface area contributed by atoms with Crippen molar-refractivity contribution in [2.24, 2.45) is 5.73 Å². The highest BCUT2D eigenvalue weighted by atomic mass is 32.1. The number of carbonyl (C=O) groups excluding carboxylic acids is 2. The van der Waals surface area contributed by atoms with Crippen molar-refractivity contribution in [2.75, 3.05) is 18.1 Å². The van der Waals surface area contributed by atoms with Crippen molar-refractivity contribution < 1.29 is 14.3 Å². The van der Waals surface area contributed by atoms with Crippen molar-refractivity contribution in [1.82, 2.24) is 5.32 Å². The minimum absolute atomic E-state index is 0.0760. The van der Waals surface area contributed by atoms with Gasteiger partial charge in [0.1, 0.15) is 12.4 Å². The normalized spacial score (nSPS) is 14.5. The van der Waals surface area contributed by atoms with E-state index in [2.05, 4.69) is 5.32 Å². The van der Waals surface area contributed by atoms with Gasteiger partial charge in [0.25, 0.3) is 0 Å². The van der Waals surface area contributed by atoms with Crippen LogP contribution in [0.2, 0.25) is 0 Å². The van der Waals surface area contributed by atoms with E-state index >= 15 is 0 Å². The molecule has 1 aromatic heterocycles. The Morgan fingerprint density at radius 1 is 1.30 bits per heavy atom. The molecule has 0 radical (unpaired) electrons. The second kappa shape index (κ2) is 6.70. The Morgan fingerprint density at radius 2 is 2.13 bits per heavy atom. The number of hydrogen-bond donors (Lipinski definition) is 2. The highest BCUT2D eigenvalue weighted by molar-refractivity contribution is 7.10. The summed E-state index contributed by atoms with van der Waals surface area (Å²) in [6.45, 7) is 0.944. The molecule has 1 aliphatic rings. The molecule has 2 heterocycles. The summed E-state index contributed by atoms with van der Waals surface area (Å²) in [6.07, 6.45) is 0.151. The standard InChI is InChI=1S/C16H17N3O3S/c17-16(21)18-11(14-6-3-9-23-14)10-15(20)19-7-8-22-13-5-2-1-4-12(13)19/h1-6,9,11H,7-8,10H2,(H3,17,18,21). The number of para-hydroxylation sites is 2. The number of nitrogens with zero attached hydrogens (tertiary/aromatic N) is 1. The summed E-state index contributed by atoms with van der Waals surface area (Å²) in [6, 6.07) is 10.1. The van der Waals surface area contributed by atoms with E-state index in [0.29, 0.717) is 18.9 Å². The number of benzene rings is 1. The van der Waals surface area contributed by atoms with Crippen LogP contribution in [0.1, 0.15) is 17.3 Å². The number of rotatable bonds is 4. The first kappa shape index (κ1) is 15.4. The first-order valence-corrected chi connectivity index (χ1v) is 8.14. The molecule has 0 aliphatic carbocycles. The molecule has 23 heavy (non-hydrogen) atoms. The van der Waals surface area contributed by atoms with Crippen LogP contribution >= 0.6 is 11.3 Å². The molecule has 0 saturated heterocycles. The topological polar surface area (TPSA) is 84.7 Å². The molecule has 1 atom stereocenters.